The summed E-state index contributed by atoms with van der Waals surface area (Å²) in [5.41, 5.74) is 0.598. The van der Waals surface area contributed by atoms with E-state index >= 15 is 0 Å². The number of ether oxygens (including phenoxy) is 1. The van der Waals surface area contributed by atoms with Crippen LogP contribution < -0.4 is 4.74 Å². The van der Waals surface area contributed by atoms with Crippen molar-refractivity contribution < 1.29 is 19.7 Å². The highest BCUT2D eigenvalue weighted by Gasteiger charge is 2.47. The van der Waals surface area contributed by atoms with Crippen LogP contribution in [-0.4, -0.2) is 23.3 Å². The Labute approximate surface area is 93.5 Å². The maximum atomic E-state index is 10.8. The third-order valence-electron chi connectivity index (χ3n) is 3.10. The number of carbonyl (C=O) groups is 1. The Morgan fingerprint density at radius 1 is 1.50 bits per heavy atom. The van der Waals surface area contributed by atoms with E-state index in [4.69, 9.17) is 9.84 Å². The second-order valence-electron chi connectivity index (χ2n) is 4.24. The molecule has 2 rings (SSSR count). The molecule has 1 aliphatic carbocycles. The van der Waals surface area contributed by atoms with Crippen LogP contribution in [0.1, 0.15) is 24.8 Å². The molecule has 16 heavy (non-hydrogen) atoms. The summed E-state index contributed by atoms with van der Waals surface area (Å²) in [4.78, 5) is 10.8. The van der Waals surface area contributed by atoms with Crippen LogP contribution in [0, 0.1) is 0 Å². The molecule has 0 radical (unpaired) electrons. The van der Waals surface area contributed by atoms with Crippen LogP contribution in [0.25, 0.3) is 0 Å². The van der Waals surface area contributed by atoms with Gasteiger partial charge in [-0.25, -0.2) is 0 Å². The van der Waals surface area contributed by atoms with Crippen molar-refractivity contribution in [1.82, 2.24) is 0 Å². The molecule has 0 spiro atoms. The van der Waals surface area contributed by atoms with Crippen molar-refractivity contribution in [2.75, 3.05) is 7.11 Å². The maximum Gasteiger partial charge on any atom is 0.304 e. The third-order valence-corrected chi connectivity index (χ3v) is 3.10. The fraction of sp³-hybridized carbons (Fsp3) is 0.417. The van der Waals surface area contributed by atoms with Crippen molar-refractivity contribution in [2.24, 2.45) is 0 Å². The SMILES string of the molecule is COc1cc(O)ccc1C1(CC(=O)O)CC1. The molecule has 0 aromatic heterocycles. The second-order valence-corrected chi connectivity index (χ2v) is 4.24. The molecule has 4 nitrogen and oxygen atoms in total. The summed E-state index contributed by atoms with van der Waals surface area (Å²) in [7, 11) is 1.52. The minimum Gasteiger partial charge on any atom is -0.508 e. The minimum absolute atomic E-state index is 0.119. The van der Waals surface area contributed by atoms with Crippen LogP contribution in [0.15, 0.2) is 18.2 Å². The average molecular weight is 222 g/mol. The van der Waals surface area contributed by atoms with Gasteiger partial charge in [-0.2, -0.15) is 0 Å². The summed E-state index contributed by atoms with van der Waals surface area (Å²) < 4.78 is 5.18. The first-order chi connectivity index (χ1) is 7.57. The van der Waals surface area contributed by atoms with E-state index in [1.54, 1.807) is 12.1 Å². The van der Waals surface area contributed by atoms with Crippen LogP contribution in [-0.2, 0) is 10.2 Å². The van der Waals surface area contributed by atoms with E-state index < -0.39 is 5.97 Å². The van der Waals surface area contributed by atoms with E-state index in [1.165, 1.54) is 13.2 Å². The molecule has 1 aliphatic rings. The van der Waals surface area contributed by atoms with E-state index in [0.29, 0.717) is 5.75 Å². The van der Waals surface area contributed by atoms with Gasteiger partial charge >= 0.3 is 5.97 Å². The third kappa shape index (κ3) is 1.83. The lowest BCUT2D eigenvalue weighted by molar-refractivity contribution is -0.137. The zero-order valence-corrected chi connectivity index (χ0v) is 9.06. The maximum absolute atomic E-state index is 10.8. The number of benzene rings is 1. The summed E-state index contributed by atoms with van der Waals surface area (Å²) in [6, 6.07) is 4.85. The molecule has 1 aromatic rings. The normalized spacial score (nSPS) is 16.8. The predicted molar refractivity (Wildman–Crippen MR) is 57.8 cm³/mol. The van der Waals surface area contributed by atoms with Crippen LogP contribution >= 0.6 is 0 Å². The molecule has 0 aliphatic heterocycles. The molecule has 2 N–H and O–H groups in total. The van der Waals surface area contributed by atoms with Gasteiger partial charge in [0.1, 0.15) is 11.5 Å². The Morgan fingerprint density at radius 2 is 2.19 bits per heavy atom. The highest BCUT2D eigenvalue weighted by atomic mass is 16.5. The molecule has 0 unspecified atom stereocenters. The van der Waals surface area contributed by atoms with Gasteiger partial charge in [-0.1, -0.05) is 6.07 Å². The number of aliphatic carboxylic acids is 1. The molecule has 1 aromatic carbocycles. The molecular weight excluding hydrogens is 208 g/mol. The number of hydrogen-bond donors (Lipinski definition) is 2. The van der Waals surface area contributed by atoms with Gasteiger partial charge in [0.2, 0.25) is 0 Å². The average Bonchev–Trinajstić information content (AvgIpc) is 2.97. The van der Waals surface area contributed by atoms with E-state index in [9.17, 15) is 9.90 Å². The fourth-order valence-electron chi connectivity index (χ4n) is 2.10. The number of phenols is 1. The Balaban J connectivity index is 2.36. The number of phenolic OH excluding ortho intramolecular Hbond substituents is 1. The van der Waals surface area contributed by atoms with E-state index in [-0.39, 0.29) is 17.6 Å². The standard InChI is InChI=1S/C12H14O4/c1-16-10-6-8(13)2-3-9(10)12(4-5-12)7-11(14)15/h2-3,6,13H,4-5,7H2,1H3,(H,14,15). The van der Waals surface area contributed by atoms with Gasteiger partial charge in [-0.15, -0.1) is 0 Å². The van der Waals surface area contributed by atoms with Crippen LogP contribution in [0.3, 0.4) is 0 Å². The minimum atomic E-state index is -0.798. The van der Waals surface area contributed by atoms with Gasteiger partial charge in [0.05, 0.1) is 13.5 Å². The zero-order chi connectivity index (χ0) is 11.8. The molecule has 0 heterocycles. The number of hydrogen-bond acceptors (Lipinski definition) is 3. The summed E-state index contributed by atoms with van der Waals surface area (Å²) in [6.45, 7) is 0. The van der Waals surface area contributed by atoms with E-state index in [1.807, 2.05) is 0 Å². The zero-order valence-electron chi connectivity index (χ0n) is 9.06. The first-order valence-corrected chi connectivity index (χ1v) is 5.17. The van der Waals surface area contributed by atoms with Crippen molar-refractivity contribution in [3.63, 3.8) is 0 Å². The summed E-state index contributed by atoms with van der Waals surface area (Å²) in [5.74, 6) is -0.0990. The first-order valence-electron chi connectivity index (χ1n) is 5.17. The summed E-state index contributed by atoms with van der Waals surface area (Å²) >= 11 is 0. The number of aromatic hydroxyl groups is 1. The van der Waals surface area contributed by atoms with Crippen molar-refractivity contribution in [3.05, 3.63) is 23.8 Å². The van der Waals surface area contributed by atoms with Crippen molar-refractivity contribution in [2.45, 2.75) is 24.7 Å². The van der Waals surface area contributed by atoms with Crippen molar-refractivity contribution in [1.29, 1.82) is 0 Å². The Hall–Kier alpha value is -1.71. The lowest BCUT2D eigenvalue weighted by atomic mass is 9.91. The number of rotatable bonds is 4. The highest BCUT2D eigenvalue weighted by Crippen LogP contribution is 2.54. The van der Waals surface area contributed by atoms with E-state index in [0.717, 1.165) is 18.4 Å². The Morgan fingerprint density at radius 3 is 2.69 bits per heavy atom. The molecule has 1 saturated carbocycles. The molecule has 1 fully saturated rings. The number of methoxy groups -OCH3 is 1. The number of carboxylic acid groups (broad SMARTS) is 1. The molecule has 0 amide bonds. The topological polar surface area (TPSA) is 66.8 Å². The molecule has 0 atom stereocenters. The largest absolute Gasteiger partial charge is 0.508 e. The van der Waals surface area contributed by atoms with Gasteiger partial charge < -0.3 is 14.9 Å². The lowest BCUT2D eigenvalue weighted by Crippen LogP contribution is -2.14. The lowest BCUT2D eigenvalue weighted by Gasteiger charge is -2.17. The molecule has 86 valence electrons. The molecular formula is C12H14O4. The van der Waals surface area contributed by atoms with Crippen LogP contribution in [0.5, 0.6) is 11.5 Å². The monoisotopic (exact) mass is 222 g/mol. The summed E-state index contributed by atoms with van der Waals surface area (Å²) in [5, 5.41) is 18.2. The highest BCUT2D eigenvalue weighted by molar-refractivity contribution is 5.70. The Bertz CT molecular complexity index is 421. The van der Waals surface area contributed by atoms with Crippen molar-refractivity contribution in [3.8, 4) is 11.5 Å². The first kappa shape index (κ1) is 10.8. The van der Waals surface area contributed by atoms with Gasteiger partial charge in [0.25, 0.3) is 0 Å². The second kappa shape index (κ2) is 3.70. The molecule has 4 heteroatoms. The summed E-state index contributed by atoms with van der Waals surface area (Å²) in [6.07, 6.45) is 1.84. The smallest absolute Gasteiger partial charge is 0.304 e. The van der Waals surface area contributed by atoms with Crippen LogP contribution in [0.4, 0.5) is 0 Å². The fourth-order valence-corrected chi connectivity index (χ4v) is 2.10. The number of carboxylic acids is 1. The van der Waals surface area contributed by atoms with Crippen molar-refractivity contribution >= 4 is 5.97 Å². The molecule has 0 saturated heterocycles. The van der Waals surface area contributed by atoms with Crippen LogP contribution in [0.2, 0.25) is 0 Å². The van der Waals surface area contributed by atoms with Gasteiger partial charge in [0, 0.05) is 17.0 Å². The Kier molecular flexibility index (Phi) is 2.50. The van der Waals surface area contributed by atoms with Gasteiger partial charge in [-0.05, 0) is 18.9 Å². The van der Waals surface area contributed by atoms with Gasteiger partial charge in [-0.3, -0.25) is 4.79 Å². The van der Waals surface area contributed by atoms with E-state index in [2.05, 4.69) is 0 Å². The van der Waals surface area contributed by atoms with Gasteiger partial charge in [0.15, 0.2) is 0 Å². The molecule has 0 bridgehead atoms. The quantitative estimate of drug-likeness (QED) is 0.816. The predicted octanol–water partition coefficient (Wildman–Crippen LogP) is 1.91.